The van der Waals surface area contributed by atoms with E-state index in [1.54, 1.807) is 33.8 Å². The van der Waals surface area contributed by atoms with Crippen molar-refractivity contribution < 1.29 is 17.7 Å². The molecule has 0 atom stereocenters. The van der Waals surface area contributed by atoms with E-state index in [0.717, 1.165) is 0 Å². The number of carbonyl (C=O) groups is 1. The van der Waals surface area contributed by atoms with Crippen molar-refractivity contribution in [1.29, 1.82) is 0 Å². The Morgan fingerprint density at radius 2 is 1.79 bits per heavy atom. The van der Waals surface area contributed by atoms with E-state index in [1.165, 1.54) is 12.1 Å². The number of nitrogens with one attached hydrogen (secondary N) is 2. The Morgan fingerprint density at radius 3 is 2.32 bits per heavy atom. The maximum Gasteiger partial charge on any atom is 0.251 e. The molecule has 0 aliphatic rings. The molecule has 0 bridgehead atoms. The van der Waals surface area contributed by atoms with Gasteiger partial charge < -0.3 is 9.84 Å². The van der Waals surface area contributed by atoms with Gasteiger partial charge in [-0.1, -0.05) is 32.0 Å². The molecule has 1 aromatic heterocycles. The number of aryl methyl sites for hydroxylation is 1. The van der Waals surface area contributed by atoms with Gasteiger partial charge in [0.25, 0.3) is 5.91 Å². The van der Waals surface area contributed by atoms with E-state index in [4.69, 9.17) is 4.52 Å². The van der Waals surface area contributed by atoms with Crippen molar-refractivity contribution in [3.63, 3.8) is 0 Å². The van der Waals surface area contributed by atoms with Gasteiger partial charge in [0.2, 0.25) is 15.9 Å². The van der Waals surface area contributed by atoms with Gasteiger partial charge in [0, 0.05) is 16.5 Å². The molecular weight excluding hydrogens is 380 g/mol. The van der Waals surface area contributed by atoms with Crippen molar-refractivity contribution in [2.75, 3.05) is 0 Å². The van der Waals surface area contributed by atoms with Crippen LogP contribution in [-0.4, -0.2) is 30.0 Å². The van der Waals surface area contributed by atoms with E-state index >= 15 is 0 Å². The number of hydrogen-bond acceptors (Lipinski definition) is 6. The van der Waals surface area contributed by atoms with Crippen molar-refractivity contribution in [2.24, 2.45) is 0 Å². The number of nitrogens with zero attached hydrogens (tertiary/aromatic N) is 2. The van der Waals surface area contributed by atoms with Crippen LogP contribution in [0.2, 0.25) is 0 Å². The van der Waals surface area contributed by atoms with Crippen LogP contribution in [0.4, 0.5) is 0 Å². The molecule has 2 N–H and O–H groups in total. The number of aromatic nitrogens is 2. The van der Waals surface area contributed by atoms with Crippen LogP contribution in [0.25, 0.3) is 0 Å². The first kappa shape index (κ1) is 22.0. The van der Waals surface area contributed by atoms with Gasteiger partial charge in [0.1, 0.15) is 0 Å². The maximum absolute atomic E-state index is 12.6. The van der Waals surface area contributed by atoms with Gasteiger partial charge in [0.15, 0.2) is 5.82 Å². The smallest absolute Gasteiger partial charge is 0.251 e. The molecule has 0 radical (unpaired) electrons. The van der Waals surface area contributed by atoms with Gasteiger partial charge in [-0.3, -0.25) is 4.79 Å². The van der Waals surface area contributed by atoms with Crippen LogP contribution in [0, 0.1) is 6.92 Å². The van der Waals surface area contributed by atoms with E-state index < -0.39 is 21.5 Å². The van der Waals surface area contributed by atoms with E-state index in [-0.39, 0.29) is 22.4 Å². The molecule has 28 heavy (non-hydrogen) atoms. The fraction of sp³-hybridized carbons (Fsp3) is 0.526. The summed E-state index contributed by atoms with van der Waals surface area (Å²) in [5, 5.41) is 6.57. The lowest BCUT2D eigenvalue weighted by Crippen LogP contribution is -2.40. The summed E-state index contributed by atoms with van der Waals surface area (Å²) in [5.41, 5.74) is 0.0245. The average Bonchev–Trinajstić information content (AvgIpc) is 2.99. The first-order valence-electron chi connectivity index (χ1n) is 8.95. The summed E-state index contributed by atoms with van der Waals surface area (Å²) in [6.07, 6.45) is 0. The van der Waals surface area contributed by atoms with E-state index in [1.807, 2.05) is 20.8 Å². The summed E-state index contributed by atoms with van der Waals surface area (Å²) in [5.74, 6) is 0.427. The zero-order valence-electron chi connectivity index (χ0n) is 17.4. The third kappa shape index (κ3) is 5.62. The maximum atomic E-state index is 12.6. The summed E-state index contributed by atoms with van der Waals surface area (Å²) in [6.45, 7) is 12.9. The minimum Gasteiger partial charge on any atom is -0.345 e. The highest BCUT2D eigenvalue weighted by atomic mass is 32.2. The van der Waals surface area contributed by atoms with Crippen molar-refractivity contribution in [3.8, 4) is 0 Å². The molecule has 1 heterocycles. The van der Waals surface area contributed by atoms with Crippen molar-refractivity contribution in [2.45, 2.75) is 70.9 Å². The van der Waals surface area contributed by atoms with Crippen molar-refractivity contribution >= 4 is 15.9 Å². The first-order valence-corrected chi connectivity index (χ1v) is 10.4. The van der Waals surface area contributed by atoms with Gasteiger partial charge in [-0.2, -0.15) is 4.98 Å². The quantitative estimate of drug-likeness (QED) is 0.786. The monoisotopic (exact) mass is 408 g/mol. The molecule has 0 aliphatic carbocycles. The zero-order valence-corrected chi connectivity index (χ0v) is 18.2. The topological polar surface area (TPSA) is 114 Å². The molecule has 0 spiro atoms. The number of hydrogen-bond donors (Lipinski definition) is 2. The molecule has 0 saturated carbocycles. The van der Waals surface area contributed by atoms with E-state index in [0.29, 0.717) is 17.3 Å². The molecule has 8 nitrogen and oxygen atoms in total. The normalized spacial score (nSPS) is 12.8. The third-order valence-corrected chi connectivity index (χ3v) is 5.48. The molecule has 0 saturated heterocycles. The summed E-state index contributed by atoms with van der Waals surface area (Å²) in [6, 6.07) is 4.46. The van der Waals surface area contributed by atoms with Crippen molar-refractivity contribution in [3.05, 3.63) is 41.0 Å². The Labute approximate surface area is 166 Å². The second-order valence-corrected chi connectivity index (χ2v) is 10.5. The summed E-state index contributed by atoms with van der Waals surface area (Å²) in [4.78, 5) is 16.9. The minimum atomic E-state index is -3.74. The summed E-state index contributed by atoms with van der Waals surface area (Å²) < 4.78 is 32.9. The standard InChI is InChI=1S/C19H28N4O4S/c1-12-8-9-13(28(25,26)23-19(5,6)7)10-14(12)16(24)20-11-15-21-17(27-22-15)18(2,3)4/h8-10,23H,11H2,1-7H3,(H,20,24). The number of rotatable bonds is 5. The summed E-state index contributed by atoms with van der Waals surface area (Å²) in [7, 11) is -3.74. The minimum absolute atomic E-state index is 0.0350. The Bertz CT molecular complexity index is 967. The average molecular weight is 409 g/mol. The van der Waals surface area contributed by atoms with Crippen LogP contribution in [0.15, 0.2) is 27.6 Å². The largest absolute Gasteiger partial charge is 0.345 e. The van der Waals surface area contributed by atoms with Crippen LogP contribution in [-0.2, 0) is 22.0 Å². The third-order valence-electron chi connectivity index (χ3n) is 3.72. The molecule has 1 aromatic carbocycles. The molecule has 0 unspecified atom stereocenters. The molecular formula is C19H28N4O4S. The van der Waals surface area contributed by atoms with Crippen LogP contribution in [0.3, 0.4) is 0 Å². The lowest BCUT2D eigenvalue weighted by molar-refractivity contribution is 0.0949. The van der Waals surface area contributed by atoms with Crippen LogP contribution in [0.5, 0.6) is 0 Å². The van der Waals surface area contributed by atoms with E-state index in [9.17, 15) is 13.2 Å². The molecule has 2 rings (SSSR count). The first-order chi connectivity index (χ1) is 12.7. The highest BCUT2D eigenvalue weighted by molar-refractivity contribution is 7.89. The lowest BCUT2D eigenvalue weighted by atomic mass is 9.97. The van der Waals surface area contributed by atoms with Gasteiger partial charge in [0.05, 0.1) is 11.4 Å². The molecule has 0 fully saturated rings. The number of benzene rings is 1. The number of sulfonamides is 1. The number of carbonyl (C=O) groups excluding carboxylic acids is 1. The predicted molar refractivity (Wildman–Crippen MR) is 105 cm³/mol. The fourth-order valence-corrected chi connectivity index (χ4v) is 3.80. The lowest BCUT2D eigenvalue weighted by Gasteiger charge is -2.20. The zero-order chi connectivity index (χ0) is 21.3. The molecule has 0 aliphatic heterocycles. The molecule has 9 heteroatoms. The van der Waals surface area contributed by atoms with Crippen LogP contribution < -0.4 is 10.0 Å². The highest BCUT2D eigenvalue weighted by Crippen LogP contribution is 2.20. The number of amides is 1. The summed E-state index contributed by atoms with van der Waals surface area (Å²) >= 11 is 0. The molecule has 154 valence electrons. The molecule has 2 aromatic rings. The predicted octanol–water partition coefficient (Wildman–Crippen LogP) is 2.68. The van der Waals surface area contributed by atoms with E-state index in [2.05, 4.69) is 20.2 Å². The van der Waals surface area contributed by atoms with Crippen LogP contribution >= 0.6 is 0 Å². The van der Waals surface area contributed by atoms with Gasteiger partial charge >= 0.3 is 0 Å². The van der Waals surface area contributed by atoms with Gasteiger partial charge in [-0.25, -0.2) is 13.1 Å². The Morgan fingerprint density at radius 1 is 1.14 bits per heavy atom. The van der Waals surface area contributed by atoms with Crippen molar-refractivity contribution in [1.82, 2.24) is 20.2 Å². The Kier molecular flexibility index (Phi) is 6.01. The Balaban J connectivity index is 2.18. The highest BCUT2D eigenvalue weighted by Gasteiger charge is 2.24. The molecule has 1 amide bonds. The Hall–Kier alpha value is -2.26. The SMILES string of the molecule is Cc1ccc(S(=O)(=O)NC(C)(C)C)cc1C(=O)NCc1noc(C(C)(C)C)n1. The second kappa shape index (κ2) is 7.63. The van der Waals surface area contributed by atoms with Gasteiger partial charge in [-0.15, -0.1) is 0 Å². The van der Waals surface area contributed by atoms with Crippen LogP contribution in [0.1, 0.15) is 69.2 Å². The fourth-order valence-electron chi connectivity index (χ4n) is 2.36. The second-order valence-electron chi connectivity index (χ2n) is 8.78. The van der Waals surface area contributed by atoms with Gasteiger partial charge in [-0.05, 0) is 45.4 Å².